The highest BCUT2D eigenvalue weighted by Gasteiger charge is 2.19. The molecule has 1 rings (SSSR count). The fourth-order valence-corrected chi connectivity index (χ4v) is 2.92. The molecule has 10 heavy (non-hydrogen) atoms. The predicted molar refractivity (Wildman–Crippen MR) is 41.5 cm³/mol. The van der Waals surface area contributed by atoms with Gasteiger partial charge in [0.15, 0.2) is 0 Å². The molecule has 1 fully saturated rings. The van der Waals surface area contributed by atoms with Crippen LogP contribution in [0.3, 0.4) is 0 Å². The zero-order chi connectivity index (χ0) is 7.61. The van der Waals surface area contributed by atoms with E-state index in [0.717, 1.165) is 0 Å². The standard InChI is InChI=1S/C6H13NO2S/c1-7-10(9)4-2-6(8)3-5-10/h6,8H,2-5H2,1H3. The summed E-state index contributed by atoms with van der Waals surface area (Å²) in [5.41, 5.74) is 0. The summed E-state index contributed by atoms with van der Waals surface area (Å²) >= 11 is 0. The third-order valence-electron chi connectivity index (χ3n) is 1.87. The Kier molecular flexibility index (Phi) is 2.31. The maximum absolute atomic E-state index is 11.4. The molecule has 0 aromatic carbocycles. The summed E-state index contributed by atoms with van der Waals surface area (Å²) in [6.45, 7) is 0. The lowest BCUT2D eigenvalue weighted by Crippen LogP contribution is -2.26. The van der Waals surface area contributed by atoms with Crippen LogP contribution in [0.1, 0.15) is 12.8 Å². The first-order chi connectivity index (χ1) is 4.66. The third kappa shape index (κ3) is 1.70. The van der Waals surface area contributed by atoms with Gasteiger partial charge in [-0.3, -0.25) is 0 Å². The Labute approximate surface area is 61.6 Å². The summed E-state index contributed by atoms with van der Waals surface area (Å²) in [6.07, 6.45) is 1.06. The van der Waals surface area contributed by atoms with Gasteiger partial charge in [-0.1, -0.05) is 0 Å². The van der Waals surface area contributed by atoms with Gasteiger partial charge in [0.05, 0.1) is 6.10 Å². The Morgan fingerprint density at radius 3 is 2.40 bits per heavy atom. The molecule has 1 saturated heterocycles. The van der Waals surface area contributed by atoms with E-state index < -0.39 is 9.73 Å². The predicted octanol–water partition coefficient (Wildman–Crippen LogP) is 0.239. The Morgan fingerprint density at radius 1 is 1.50 bits per heavy atom. The fraction of sp³-hybridized carbons (Fsp3) is 1.00. The first-order valence-corrected chi connectivity index (χ1v) is 5.30. The minimum Gasteiger partial charge on any atom is -0.393 e. The molecule has 0 aromatic rings. The second-order valence-corrected chi connectivity index (χ2v) is 5.32. The van der Waals surface area contributed by atoms with Gasteiger partial charge in [-0.2, -0.15) is 0 Å². The van der Waals surface area contributed by atoms with Gasteiger partial charge in [0.1, 0.15) is 0 Å². The van der Waals surface area contributed by atoms with Crippen LogP contribution in [-0.2, 0) is 9.73 Å². The lowest BCUT2D eigenvalue weighted by Gasteiger charge is -2.19. The quantitative estimate of drug-likeness (QED) is 0.556. The Bertz CT molecular complexity index is 204. The van der Waals surface area contributed by atoms with E-state index in [9.17, 15) is 4.21 Å². The molecule has 0 amide bonds. The molecule has 0 bridgehead atoms. The van der Waals surface area contributed by atoms with Crippen LogP contribution in [0.25, 0.3) is 0 Å². The fourth-order valence-electron chi connectivity index (χ4n) is 1.07. The van der Waals surface area contributed by atoms with Crippen molar-refractivity contribution in [3.05, 3.63) is 0 Å². The number of hydrogen-bond donors (Lipinski definition) is 1. The molecule has 0 radical (unpaired) electrons. The van der Waals surface area contributed by atoms with Gasteiger partial charge in [-0.15, -0.1) is 0 Å². The van der Waals surface area contributed by atoms with E-state index in [1.165, 1.54) is 0 Å². The first-order valence-electron chi connectivity index (χ1n) is 3.45. The van der Waals surface area contributed by atoms with Crippen molar-refractivity contribution in [1.82, 2.24) is 0 Å². The number of aliphatic hydroxyl groups excluding tert-OH is 1. The van der Waals surface area contributed by atoms with Crippen LogP contribution >= 0.6 is 0 Å². The van der Waals surface area contributed by atoms with Crippen molar-refractivity contribution in [2.75, 3.05) is 18.6 Å². The van der Waals surface area contributed by atoms with Gasteiger partial charge in [0.2, 0.25) is 0 Å². The maximum atomic E-state index is 11.4. The van der Waals surface area contributed by atoms with Gasteiger partial charge < -0.3 is 5.11 Å². The molecular weight excluding hydrogens is 150 g/mol. The molecule has 0 unspecified atom stereocenters. The van der Waals surface area contributed by atoms with Crippen molar-refractivity contribution in [3.63, 3.8) is 0 Å². The van der Waals surface area contributed by atoms with Crippen molar-refractivity contribution in [2.24, 2.45) is 4.36 Å². The zero-order valence-electron chi connectivity index (χ0n) is 6.12. The van der Waals surface area contributed by atoms with Crippen LogP contribution in [-0.4, -0.2) is 34.0 Å². The van der Waals surface area contributed by atoms with Crippen molar-refractivity contribution in [3.8, 4) is 0 Å². The van der Waals surface area contributed by atoms with Gasteiger partial charge >= 0.3 is 0 Å². The highest BCUT2D eigenvalue weighted by atomic mass is 32.2. The van der Waals surface area contributed by atoms with Crippen LogP contribution in [0, 0.1) is 0 Å². The molecule has 0 aromatic heterocycles. The van der Waals surface area contributed by atoms with Crippen molar-refractivity contribution < 1.29 is 9.32 Å². The van der Waals surface area contributed by atoms with Crippen molar-refractivity contribution in [1.29, 1.82) is 0 Å². The Morgan fingerprint density at radius 2 is 2.00 bits per heavy atom. The summed E-state index contributed by atoms with van der Waals surface area (Å²) in [7, 11) is -0.299. The molecule has 1 aliphatic rings. The van der Waals surface area contributed by atoms with Crippen molar-refractivity contribution >= 4 is 9.73 Å². The monoisotopic (exact) mass is 163 g/mol. The minimum absolute atomic E-state index is 0.240. The second-order valence-electron chi connectivity index (χ2n) is 2.59. The lowest BCUT2D eigenvalue weighted by molar-refractivity contribution is 0.164. The number of hydrogen-bond acceptors (Lipinski definition) is 3. The summed E-state index contributed by atoms with van der Waals surface area (Å²) in [6, 6.07) is 0. The van der Waals surface area contributed by atoms with Gasteiger partial charge in [0, 0.05) is 28.3 Å². The van der Waals surface area contributed by atoms with E-state index in [-0.39, 0.29) is 6.10 Å². The van der Waals surface area contributed by atoms with E-state index >= 15 is 0 Å². The molecule has 0 aliphatic carbocycles. The summed E-state index contributed by atoms with van der Waals surface area (Å²) in [4.78, 5) is 0. The topological polar surface area (TPSA) is 49.7 Å². The van der Waals surface area contributed by atoms with Gasteiger partial charge in [0.25, 0.3) is 0 Å². The number of aliphatic hydroxyl groups is 1. The van der Waals surface area contributed by atoms with Crippen LogP contribution in [0.5, 0.6) is 0 Å². The van der Waals surface area contributed by atoms with Crippen molar-refractivity contribution in [2.45, 2.75) is 18.9 Å². The molecule has 4 heteroatoms. The summed E-state index contributed by atoms with van der Waals surface area (Å²) in [5, 5.41) is 9.07. The van der Waals surface area contributed by atoms with Crippen LogP contribution in [0.15, 0.2) is 4.36 Å². The third-order valence-corrected chi connectivity index (χ3v) is 4.29. The molecule has 0 saturated carbocycles. The molecule has 1 N–H and O–H groups in total. The second kappa shape index (κ2) is 2.88. The molecule has 60 valence electrons. The maximum Gasteiger partial charge on any atom is 0.0558 e. The van der Waals surface area contributed by atoms with E-state index in [1.807, 2.05) is 0 Å². The minimum atomic E-state index is -1.90. The smallest absolute Gasteiger partial charge is 0.0558 e. The molecular formula is C6H13NO2S. The van der Waals surface area contributed by atoms with Crippen LogP contribution < -0.4 is 0 Å². The highest BCUT2D eigenvalue weighted by Crippen LogP contribution is 2.13. The molecule has 0 atom stereocenters. The summed E-state index contributed by atoms with van der Waals surface area (Å²) in [5.74, 6) is 1.15. The lowest BCUT2D eigenvalue weighted by atomic mass is 10.2. The Balaban J connectivity index is 2.64. The molecule has 3 nitrogen and oxygen atoms in total. The summed E-state index contributed by atoms with van der Waals surface area (Å²) < 4.78 is 15.3. The van der Waals surface area contributed by atoms with Crippen LogP contribution in [0.4, 0.5) is 0 Å². The SMILES string of the molecule is CN=S1(=O)CCC(O)CC1. The van der Waals surface area contributed by atoms with E-state index in [1.54, 1.807) is 7.05 Å². The molecule has 1 heterocycles. The number of rotatable bonds is 0. The zero-order valence-corrected chi connectivity index (χ0v) is 6.93. The van der Waals surface area contributed by atoms with E-state index in [0.29, 0.717) is 24.3 Å². The molecule has 0 spiro atoms. The van der Waals surface area contributed by atoms with Gasteiger partial charge in [-0.05, 0) is 12.8 Å². The number of nitrogens with zero attached hydrogens (tertiary/aromatic N) is 1. The highest BCUT2D eigenvalue weighted by molar-refractivity contribution is 7.93. The van der Waals surface area contributed by atoms with Gasteiger partial charge in [-0.25, -0.2) is 8.57 Å². The first kappa shape index (κ1) is 8.01. The molecule has 1 aliphatic heterocycles. The average molecular weight is 163 g/mol. The van der Waals surface area contributed by atoms with E-state index in [4.69, 9.17) is 5.11 Å². The Hall–Kier alpha value is -0.0900. The average Bonchev–Trinajstić information content (AvgIpc) is 1.96. The van der Waals surface area contributed by atoms with E-state index in [2.05, 4.69) is 4.36 Å². The normalized spacial score (nSPS) is 41.2. The van der Waals surface area contributed by atoms with Crippen LogP contribution in [0.2, 0.25) is 0 Å². The largest absolute Gasteiger partial charge is 0.393 e.